The molecule has 1 amide bonds. The fourth-order valence-electron chi connectivity index (χ4n) is 2.26. The molecule has 0 aliphatic carbocycles. The van der Waals surface area contributed by atoms with Gasteiger partial charge in [0.25, 0.3) is 5.91 Å². The molecule has 2 aromatic rings. The van der Waals surface area contributed by atoms with Crippen LogP contribution < -0.4 is 10.1 Å². The summed E-state index contributed by atoms with van der Waals surface area (Å²) >= 11 is 7.55. The van der Waals surface area contributed by atoms with E-state index in [2.05, 4.69) is 12.2 Å². The molecule has 5 heteroatoms. The van der Waals surface area contributed by atoms with Gasteiger partial charge in [0.1, 0.15) is 5.75 Å². The van der Waals surface area contributed by atoms with E-state index in [9.17, 15) is 4.79 Å². The molecule has 2 aromatic carbocycles. The lowest BCUT2D eigenvalue weighted by Gasteiger charge is -2.18. The molecule has 1 atom stereocenters. The monoisotopic (exact) mass is 377 g/mol. The minimum Gasteiger partial charge on any atom is -0.481 e. The Hall–Kier alpha value is -1.65. The number of amides is 1. The summed E-state index contributed by atoms with van der Waals surface area (Å²) < 4.78 is 5.86. The third-order valence-corrected chi connectivity index (χ3v) is 5.17. The van der Waals surface area contributed by atoms with E-state index in [1.807, 2.05) is 56.3 Å². The Kier molecular flexibility index (Phi) is 7.66. The molecule has 0 radical (unpaired) electrons. The first-order valence-electron chi connectivity index (χ1n) is 8.39. The van der Waals surface area contributed by atoms with Crippen molar-refractivity contribution in [2.75, 3.05) is 12.3 Å². The summed E-state index contributed by atoms with van der Waals surface area (Å²) in [6.07, 6.45) is 0.158. The molecule has 134 valence electrons. The highest BCUT2D eigenvalue weighted by atomic mass is 35.5. The number of halogens is 1. The first kappa shape index (κ1) is 19.7. The molecule has 0 fully saturated rings. The molecule has 1 N–H and O–H groups in total. The van der Waals surface area contributed by atoms with Crippen molar-refractivity contribution < 1.29 is 9.53 Å². The second-order valence-corrected chi connectivity index (χ2v) is 7.46. The smallest absolute Gasteiger partial charge is 0.261 e. The molecule has 2 rings (SSSR count). The molecule has 0 aromatic heterocycles. The number of hydrogen-bond acceptors (Lipinski definition) is 3. The van der Waals surface area contributed by atoms with Crippen LogP contribution in [0.15, 0.2) is 47.4 Å². The molecule has 0 spiro atoms. The second-order valence-electron chi connectivity index (χ2n) is 5.85. The third kappa shape index (κ3) is 6.29. The van der Waals surface area contributed by atoms with Gasteiger partial charge in [-0.1, -0.05) is 24.6 Å². The fourth-order valence-corrected chi connectivity index (χ4v) is 3.16. The number of aryl methyl sites for hydroxylation is 2. The van der Waals surface area contributed by atoms with E-state index in [4.69, 9.17) is 16.3 Å². The highest BCUT2D eigenvalue weighted by Gasteiger charge is 2.18. The molecule has 0 saturated heterocycles. The Bertz CT molecular complexity index is 703. The predicted molar refractivity (Wildman–Crippen MR) is 106 cm³/mol. The van der Waals surface area contributed by atoms with Gasteiger partial charge < -0.3 is 10.1 Å². The van der Waals surface area contributed by atoms with E-state index in [1.165, 1.54) is 5.56 Å². The summed E-state index contributed by atoms with van der Waals surface area (Å²) in [5.41, 5.74) is 2.37. The van der Waals surface area contributed by atoms with Crippen LogP contribution in [0.4, 0.5) is 0 Å². The third-order valence-electron chi connectivity index (χ3n) is 3.90. The topological polar surface area (TPSA) is 38.3 Å². The van der Waals surface area contributed by atoms with Gasteiger partial charge in [-0.2, -0.15) is 0 Å². The van der Waals surface area contributed by atoms with Gasteiger partial charge in [0.05, 0.1) is 0 Å². The lowest BCUT2D eigenvalue weighted by Crippen LogP contribution is -2.39. The zero-order valence-corrected chi connectivity index (χ0v) is 16.4. The summed E-state index contributed by atoms with van der Waals surface area (Å²) in [7, 11) is 0. The summed E-state index contributed by atoms with van der Waals surface area (Å²) in [6, 6.07) is 13.6. The van der Waals surface area contributed by atoms with Crippen molar-refractivity contribution in [1.29, 1.82) is 0 Å². The van der Waals surface area contributed by atoms with Crippen LogP contribution in [0.5, 0.6) is 5.75 Å². The highest BCUT2D eigenvalue weighted by molar-refractivity contribution is 7.99. The Morgan fingerprint density at radius 1 is 1.16 bits per heavy atom. The minimum absolute atomic E-state index is 0.0718. The van der Waals surface area contributed by atoms with Crippen molar-refractivity contribution >= 4 is 29.3 Å². The maximum absolute atomic E-state index is 12.3. The van der Waals surface area contributed by atoms with E-state index in [-0.39, 0.29) is 5.91 Å². The zero-order chi connectivity index (χ0) is 18.2. The molecule has 0 unspecified atom stereocenters. The summed E-state index contributed by atoms with van der Waals surface area (Å²) in [4.78, 5) is 13.5. The number of ether oxygens (including phenoxy) is 1. The quantitative estimate of drug-likeness (QED) is 0.518. The van der Waals surface area contributed by atoms with E-state index in [1.54, 1.807) is 11.8 Å². The van der Waals surface area contributed by atoms with Crippen LogP contribution in [-0.2, 0) is 4.79 Å². The van der Waals surface area contributed by atoms with Gasteiger partial charge in [-0.3, -0.25) is 4.79 Å². The molecule has 0 saturated carbocycles. The Morgan fingerprint density at radius 2 is 1.88 bits per heavy atom. The van der Waals surface area contributed by atoms with Crippen LogP contribution in [-0.4, -0.2) is 24.3 Å². The molecule has 0 heterocycles. The van der Waals surface area contributed by atoms with Gasteiger partial charge in [-0.05, 0) is 67.8 Å². The fraction of sp³-hybridized carbons (Fsp3) is 0.350. The number of carbonyl (C=O) groups is 1. The summed E-state index contributed by atoms with van der Waals surface area (Å²) in [5, 5.41) is 3.68. The number of nitrogens with one attached hydrogen (secondary N) is 1. The van der Waals surface area contributed by atoms with Crippen LogP contribution in [0, 0.1) is 13.8 Å². The second kappa shape index (κ2) is 9.73. The van der Waals surface area contributed by atoms with E-state index in [0.717, 1.165) is 27.0 Å². The number of hydrogen-bond donors (Lipinski definition) is 1. The lowest BCUT2D eigenvalue weighted by atomic mass is 10.1. The normalized spacial score (nSPS) is 11.8. The van der Waals surface area contributed by atoms with Crippen LogP contribution >= 0.6 is 23.4 Å². The first-order chi connectivity index (χ1) is 12.0. The standard InChI is InChI=1S/C20H24ClNO2S/c1-4-19(24-17-8-5-14(2)15(3)13-17)20(23)22-11-12-25-18-9-6-16(21)7-10-18/h5-10,13,19H,4,11-12H2,1-3H3,(H,22,23)/t19-/m1/s1. The van der Waals surface area contributed by atoms with Crippen LogP contribution in [0.1, 0.15) is 24.5 Å². The number of rotatable bonds is 8. The van der Waals surface area contributed by atoms with Crippen molar-refractivity contribution in [3.63, 3.8) is 0 Å². The number of carbonyl (C=O) groups excluding carboxylic acids is 1. The van der Waals surface area contributed by atoms with Crippen LogP contribution in [0.25, 0.3) is 0 Å². The van der Waals surface area contributed by atoms with Crippen molar-refractivity contribution in [3.05, 3.63) is 58.6 Å². The van der Waals surface area contributed by atoms with Crippen molar-refractivity contribution in [2.24, 2.45) is 0 Å². The van der Waals surface area contributed by atoms with Crippen molar-refractivity contribution in [1.82, 2.24) is 5.32 Å². The van der Waals surface area contributed by atoms with Gasteiger partial charge in [0.15, 0.2) is 6.10 Å². The van der Waals surface area contributed by atoms with Gasteiger partial charge in [-0.15, -0.1) is 11.8 Å². The predicted octanol–water partition coefficient (Wildman–Crippen LogP) is 5.02. The summed E-state index contributed by atoms with van der Waals surface area (Å²) in [5.74, 6) is 1.46. The van der Waals surface area contributed by atoms with Crippen LogP contribution in [0.2, 0.25) is 5.02 Å². The van der Waals surface area contributed by atoms with E-state index in [0.29, 0.717) is 13.0 Å². The molecule has 3 nitrogen and oxygen atoms in total. The van der Waals surface area contributed by atoms with Gasteiger partial charge in [-0.25, -0.2) is 0 Å². The van der Waals surface area contributed by atoms with E-state index >= 15 is 0 Å². The molecule has 0 aliphatic rings. The molecular weight excluding hydrogens is 354 g/mol. The lowest BCUT2D eigenvalue weighted by molar-refractivity contribution is -0.127. The number of thioether (sulfide) groups is 1. The maximum atomic E-state index is 12.3. The van der Waals surface area contributed by atoms with Gasteiger partial charge >= 0.3 is 0 Å². The Morgan fingerprint density at radius 3 is 2.52 bits per heavy atom. The molecule has 25 heavy (non-hydrogen) atoms. The average Bonchev–Trinajstić information content (AvgIpc) is 2.61. The Labute approximate surface area is 159 Å². The van der Waals surface area contributed by atoms with Gasteiger partial charge in [0, 0.05) is 22.2 Å². The largest absolute Gasteiger partial charge is 0.481 e. The van der Waals surface area contributed by atoms with Crippen molar-refractivity contribution in [3.8, 4) is 5.75 Å². The molecule has 0 bridgehead atoms. The zero-order valence-electron chi connectivity index (χ0n) is 14.8. The van der Waals surface area contributed by atoms with Gasteiger partial charge in [0.2, 0.25) is 0 Å². The van der Waals surface area contributed by atoms with E-state index < -0.39 is 6.10 Å². The highest BCUT2D eigenvalue weighted by Crippen LogP contribution is 2.20. The van der Waals surface area contributed by atoms with Crippen molar-refractivity contribution in [2.45, 2.75) is 38.2 Å². The maximum Gasteiger partial charge on any atom is 0.261 e. The summed E-state index contributed by atoms with van der Waals surface area (Å²) in [6.45, 7) is 6.64. The Balaban J connectivity index is 1.79. The SMILES string of the molecule is CC[C@@H](Oc1ccc(C)c(C)c1)C(=O)NCCSc1ccc(Cl)cc1. The minimum atomic E-state index is -0.470. The molecular formula is C20H24ClNO2S. The average molecular weight is 378 g/mol. The first-order valence-corrected chi connectivity index (χ1v) is 9.76. The van der Waals surface area contributed by atoms with Crippen LogP contribution in [0.3, 0.4) is 0 Å². The number of benzene rings is 2. The molecule has 0 aliphatic heterocycles.